The normalized spacial score (nSPS) is 60.7. The van der Waals surface area contributed by atoms with Crippen LogP contribution in [0.5, 0.6) is 0 Å². The Hall–Kier alpha value is -0.300. The van der Waals surface area contributed by atoms with Gasteiger partial charge in [-0.2, -0.15) is 0 Å². The maximum Gasteiger partial charge on any atom is 0.0979 e. The van der Waals surface area contributed by atoms with Gasteiger partial charge in [0.05, 0.1) is 11.7 Å². The molecule has 0 amide bonds. The summed E-state index contributed by atoms with van der Waals surface area (Å²) in [6, 6.07) is 0. The van der Waals surface area contributed by atoms with E-state index in [1.807, 2.05) is 0 Å². The van der Waals surface area contributed by atoms with Crippen molar-refractivity contribution in [2.75, 3.05) is 0 Å². The van der Waals surface area contributed by atoms with E-state index in [2.05, 4.69) is 19.9 Å². The number of hydrogen-bond donors (Lipinski definition) is 0. The third-order valence-corrected chi connectivity index (χ3v) is 5.76. The molecule has 4 rings (SSSR count). The van der Waals surface area contributed by atoms with Crippen molar-refractivity contribution in [1.29, 1.82) is 0 Å². The second-order valence-electron chi connectivity index (χ2n) is 6.34. The Labute approximate surface area is 91.9 Å². The first kappa shape index (κ1) is 8.81. The highest BCUT2D eigenvalue weighted by molar-refractivity contribution is 5.22. The molecule has 0 N–H and O–H groups in total. The van der Waals surface area contributed by atoms with Gasteiger partial charge < -0.3 is 4.74 Å². The van der Waals surface area contributed by atoms with Crippen molar-refractivity contribution in [1.82, 2.24) is 0 Å². The summed E-state index contributed by atoms with van der Waals surface area (Å²) in [7, 11) is 0. The Bertz CT molecular complexity index is 345. The molecular weight excluding hydrogens is 184 g/mol. The molecule has 2 saturated carbocycles. The minimum atomic E-state index is 0.366. The first-order chi connectivity index (χ1) is 7.21. The lowest BCUT2D eigenvalue weighted by atomic mass is 9.67. The van der Waals surface area contributed by atoms with Crippen LogP contribution >= 0.6 is 0 Å². The van der Waals surface area contributed by atoms with Crippen LogP contribution in [0.2, 0.25) is 0 Å². The molecule has 2 bridgehead atoms. The maximum absolute atomic E-state index is 5.95. The molecule has 0 aromatic heterocycles. The van der Waals surface area contributed by atoms with E-state index in [4.69, 9.17) is 4.74 Å². The van der Waals surface area contributed by atoms with Gasteiger partial charge in [0.2, 0.25) is 0 Å². The number of rotatable bonds is 0. The summed E-state index contributed by atoms with van der Waals surface area (Å²) in [6.07, 6.45) is 8.64. The van der Waals surface area contributed by atoms with Gasteiger partial charge in [-0.25, -0.2) is 0 Å². The van der Waals surface area contributed by atoms with E-state index < -0.39 is 0 Å². The Morgan fingerprint density at radius 1 is 1.40 bits per heavy atom. The number of hydrogen-bond acceptors (Lipinski definition) is 1. The van der Waals surface area contributed by atoms with Crippen LogP contribution in [0.4, 0.5) is 0 Å². The average molecular weight is 204 g/mol. The van der Waals surface area contributed by atoms with Gasteiger partial charge in [0.25, 0.3) is 0 Å². The fourth-order valence-corrected chi connectivity index (χ4v) is 5.03. The van der Waals surface area contributed by atoms with Crippen LogP contribution < -0.4 is 0 Å². The molecule has 0 aromatic carbocycles. The first-order valence-electron chi connectivity index (χ1n) is 6.54. The Morgan fingerprint density at radius 3 is 2.93 bits per heavy atom. The lowest BCUT2D eigenvalue weighted by molar-refractivity contribution is 0.114. The summed E-state index contributed by atoms with van der Waals surface area (Å²) in [5, 5.41) is 0. The summed E-state index contributed by atoms with van der Waals surface area (Å²) in [5.41, 5.74) is 2.01. The standard InChI is InChI=1S/C14H20O/c1-8-3-4-11-12(5-8)10-6-13(11)14(7-10)9(2)15-14/h3,9-13H,4-7H2,1-2H3/t9-,10+,11+,12-,13-,14+/m1/s1. The predicted molar refractivity (Wildman–Crippen MR) is 59.5 cm³/mol. The van der Waals surface area contributed by atoms with Gasteiger partial charge in [0.1, 0.15) is 0 Å². The highest BCUT2D eigenvalue weighted by Gasteiger charge is 2.70. The quantitative estimate of drug-likeness (QED) is 0.436. The molecule has 15 heavy (non-hydrogen) atoms. The van der Waals surface area contributed by atoms with Crippen molar-refractivity contribution in [2.24, 2.45) is 23.7 Å². The SMILES string of the molecule is CC1=CC[C@H]2[C@H](C1)[C@H]1C[C@H]2[C@@]2(C1)O[C@@H]2C. The zero-order chi connectivity index (χ0) is 10.2. The van der Waals surface area contributed by atoms with Gasteiger partial charge in [0, 0.05) is 0 Å². The van der Waals surface area contributed by atoms with Crippen LogP contribution in [0.25, 0.3) is 0 Å². The summed E-state index contributed by atoms with van der Waals surface area (Å²) in [6.45, 7) is 4.59. The summed E-state index contributed by atoms with van der Waals surface area (Å²) in [5.74, 6) is 3.89. The number of allylic oxidation sites excluding steroid dienone is 2. The van der Waals surface area contributed by atoms with Crippen molar-refractivity contribution in [2.45, 2.75) is 51.2 Å². The van der Waals surface area contributed by atoms with Crippen molar-refractivity contribution < 1.29 is 4.74 Å². The van der Waals surface area contributed by atoms with E-state index in [-0.39, 0.29) is 0 Å². The lowest BCUT2D eigenvalue weighted by Gasteiger charge is -2.37. The molecule has 0 aromatic rings. The molecule has 6 atom stereocenters. The molecule has 1 spiro atoms. The molecule has 1 heteroatoms. The Kier molecular flexibility index (Phi) is 1.47. The van der Waals surface area contributed by atoms with E-state index in [0.717, 1.165) is 23.7 Å². The van der Waals surface area contributed by atoms with Crippen LogP contribution in [0, 0.1) is 23.7 Å². The van der Waals surface area contributed by atoms with Crippen LogP contribution in [0.15, 0.2) is 11.6 Å². The second kappa shape index (κ2) is 2.51. The smallest absolute Gasteiger partial charge is 0.0979 e. The molecule has 3 aliphatic carbocycles. The zero-order valence-electron chi connectivity index (χ0n) is 9.70. The molecule has 1 nitrogen and oxygen atoms in total. The van der Waals surface area contributed by atoms with Gasteiger partial charge in [-0.1, -0.05) is 11.6 Å². The fraction of sp³-hybridized carbons (Fsp3) is 0.857. The first-order valence-corrected chi connectivity index (χ1v) is 6.54. The Balaban J connectivity index is 1.67. The number of fused-ring (bicyclic) bond motifs is 6. The largest absolute Gasteiger partial charge is 0.366 e. The van der Waals surface area contributed by atoms with Crippen LogP contribution in [0.1, 0.15) is 39.5 Å². The predicted octanol–water partition coefficient (Wildman–Crippen LogP) is 3.16. The van der Waals surface area contributed by atoms with E-state index in [1.165, 1.54) is 25.7 Å². The third kappa shape index (κ3) is 0.939. The van der Waals surface area contributed by atoms with Crippen molar-refractivity contribution in [3.05, 3.63) is 11.6 Å². The summed E-state index contributed by atoms with van der Waals surface area (Å²) >= 11 is 0. The van der Waals surface area contributed by atoms with E-state index in [0.29, 0.717) is 11.7 Å². The van der Waals surface area contributed by atoms with Gasteiger partial charge >= 0.3 is 0 Å². The highest BCUT2D eigenvalue weighted by atomic mass is 16.6. The zero-order valence-corrected chi connectivity index (χ0v) is 9.70. The Morgan fingerprint density at radius 2 is 2.20 bits per heavy atom. The summed E-state index contributed by atoms with van der Waals surface area (Å²) in [4.78, 5) is 0. The molecule has 1 aliphatic heterocycles. The topological polar surface area (TPSA) is 12.5 Å². The van der Waals surface area contributed by atoms with Crippen LogP contribution in [-0.2, 0) is 4.74 Å². The molecular formula is C14H20O. The second-order valence-corrected chi connectivity index (χ2v) is 6.34. The van der Waals surface area contributed by atoms with E-state index >= 15 is 0 Å². The van der Waals surface area contributed by atoms with Gasteiger partial charge in [-0.3, -0.25) is 0 Å². The van der Waals surface area contributed by atoms with E-state index in [9.17, 15) is 0 Å². The molecule has 4 aliphatic rings. The number of epoxide rings is 1. The van der Waals surface area contributed by atoms with E-state index in [1.54, 1.807) is 5.57 Å². The fourth-order valence-electron chi connectivity index (χ4n) is 5.03. The van der Waals surface area contributed by atoms with Gasteiger partial charge in [-0.05, 0) is 63.2 Å². The minimum absolute atomic E-state index is 0.366. The highest BCUT2D eigenvalue weighted by Crippen LogP contribution is 2.68. The third-order valence-electron chi connectivity index (χ3n) is 5.76. The number of ether oxygens (including phenoxy) is 1. The molecule has 1 heterocycles. The van der Waals surface area contributed by atoms with Gasteiger partial charge in [0.15, 0.2) is 0 Å². The van der Waals surface area contributed by atoms with Crippen molar-refractivity contribution >= 4 is 0 Å². The average Bonchev–Trinajstić information content (AvgIpc) is 2.61. The lowest BCUT2D eigenvalue weighted by Crippen LogP contribution is -2.36. The minimum Gasteiger partial charge on any atom is -0.366 e. The maximum atomic E-state index is 5.95. The van der Waals surface area contributed by atoms with Crippen molar-refractivity contribution in [3.63, 3.8) is 0 Å². The van der Waals surface area contributed by atoms with Crippen LogP contribution in [0.3, 0.4) is 0 Å². The summed E-state index contributed by atoms with van der Waals surface area (Å²) < 4.78 is 5.95. The molecule has 82 valence electrons. The molecule has 3 fully saturated rings. The monoisotopic (exact) mass is 204 g/mol. The molecule has 0 radical (unpaired) electrons. The molecule has 0 unspecified atom stereocenters. The van der Waals surface area contributed by atoms with Crippen molar-refractivity contribution in [3.8, 4) is 0 Å². The van der Waals surface area contributed by atoms with Gasteiger partial charge in [-0.15, -0.1) is 0 Å². The molecule has 1 saturated heterocycles. The van der Waals surface area contributed by atoms with Crippen LogP contribution in [-0.4, -0.2) is 11.7 Å².